The second-order valence-electron chi connectivity index (χ2n) is 7.93. The summed E-state index contributed by atoms with van der Waals surface area (Å²) in [5, 5.41) is 0. The van der Waals surface area contributed by atoms with Crippen molar-refractivity contribution in [3.63, 3.8) is 0 Å². The molecule has 1 fully saturated rings. The van der Waals surface area contributed by atoms with E-state index in [1.807, 2.05) is 30.6 Å². The summed E-state index contributed by atoms with van der Waals surface area (Å²) in [7, 11) is 0. The molecule has 2 aromatic carbocycles. The Bertz CT molecular complexity index is 849. The third-order valence-electron chi connectivity index (χ3n) is 6.16. The lowest BCUT2D eigenvalue weighted by Crippen LogP contribution is -2.47. The summed E-state index contributed by atoms with van der Waals surface area (Å²) >= 11 is 1.81. The Kier molecular flexibility index (Phi) is 6.73. The van der Waals surface area contributed by atoms with Crippen molar-refractivity contribution in [1.29, 1.82) is 0 Å². The summed E-state index contributed by atoms with van der Waals surface area (Å²) in [4.78, 5) is 17.1. The minimum absolute atomic E-state index is 0.620. The zero-order valence-electron chi connectivity index (χ0n) is 17.2. The maximum absolute atomic E-state index is 10.7. The summed E-state index contributed by atoms with van der Waals surface area (Å²) in [6, 6.07) is 16.9. The highest BCUT2D eigenvalue weighted by Gasteiger charge is 2.21. The first-order valence-electron chi connectivity index (χ1n) is 10.6. The normalized spacial score (nSPS) is 18.2. The molecule has 2 aromatic rings. The number of allylic oxidation sites excluding steroid dienone is 1. The van der Waals surface area contributed by atoms with E-state index in [1.54, 1.807) is 22.9 Å². The van der Waals surface area contributed by atoms with Gasteiger partial charge in [-0.2, -0.15) is 0 Å². The number of benzene rings is 2. The molecule has 0 spiro atoms. The van der Waals surface area contributed by atoms with Crippen LogP contribution in [0.1, 0.15) is 36.8 Å². The number of rotatable bonds is 6. The lowest BCUT2D eigenvalue weighted by Gasteiger charge is -2.37. The molecule has 0 atom stereocenters. The van der Waals surface area contributed by atoms with E-state index in [0.29, 0.717) is 5.56 Å². The van der Waals surface area contributed by atoms with Crippen molar-refractivity contribution >= 4 is 29.3 Å². The lowest BCUT2D eigenvalue weighted by molar-refractivity contribution is 0.275. The third-order valence-corrected chi connectivity index (χ3v) is 6.90. The fourth-order valence-corrected chi connectivity index (χ4v) is 4.87. The molecule has 2 aliphatic rings. The summed E-state index contributed by atoms with van der Waals surface area (Å²) in [6.07, 6.45) is 9.17. The second kappa shape index (κ2) is 9.64. The van der Waals surface area contributed by atoms with Crippen LogP contribution < -0.4 is 4.90 Å². The predicted octanol–water partition coefficient (Wildman–Crippen LogP) is 5.02. The second-order valence-corrected chi connectivity index (χ2v) is 8.81. The van der Waals surface area contributed by atoms with E-state index in [9.17, 15) is 4.79 Å². The fourth-order valence-electron chi connectivity index (χ4n) is 4.46. The molecule has 0 saturated carbocycles. The van der Waals surface area contributed by atoms with Crippen molar-refractivity contribution in [2.24, 2.45) is 0 Å². The van der Waals surface area contributed by atoms with Gasteiger partial charge in [-0.1, -0.05) is 17.7 Å². The summed E-state index contributed by atoms with van der Waals surface area (Å²) in [5.41, 5.74) is 6.48. The van der Waals surface area contributed by atoms with Crippen LogP contribution >= 0.6 is 11.8 Å². The van der Waals surface area contributed by atoms with Gasteiger partial charge in [0.1, 0.15) is 0 Å². The Morgan fingerprint density at radius 2 is 1.59 bits per heavy atom. The van der Waals surface area contributed by atoms with Crippen LogP contribution in [0.2, 0.25) is 0 Å². The van der Waals surface area contributed by atoms with Gasteiger partial charge in [-0.15, -0.1) is 11.8 Å². The van der Waals surface area contributed by atoms with Crippen LogP contribution in [-0.2, 0) is 4.79 Å². The van der Waals surface area contributed by atoms with E-state index in [0.717, 1.165) is 32.7 Å². The van der Waals surface area contributed by atoms with Gasteiger partial charge in [-0.05, 0) is 79.5 Å². The highest BCUT2D eigenvalue weighted by atomic mass is 32.2. The van der Waals surface area contributed by atoms with Gasteiger partial charge in [-0.25, -0.2) is 0 Å². The van der Waals surface area contributed by atoms with Crippen LogP contribution in [0.25, 0.3) is 5.57 Å². The molecule has 1 aliphatic heterocycles. The van der Waals surface area contributed by atoms with Gasteiger partial charge in [-0.3, -0.25) is 9.69 Å². The number of nitrogens with zero attached hydrogens (tertiary/aromatic N) is 2. The fraction of sp³-hybridized carbons (Fsp3) is 0.400. The summed E-state index contributed by atoms with van der Waals surface area (Å²) in [5.74, 6) is 0. The maximum Gasteiger partial charge on any atom is 0.233 e. The smallest absolute Gasteiger partial charge is 0.233 e. The average Bonchev–Trinajstić information content (AvgIpc) is 2.80. The first kappa shape index (κ1) is 20.2. The zero-order chi connectivity index (χ0) is 20.1. The monoisotopic (exact) mass is 405 g/mol. The number of hydrogen-bond acceptors (Lipinski definition) is 4. The first-order valence-corrected chi connectivity index (χ1v) is 11.8. The van der Waals surface area contributed by atoms with Crippen LogP contribution in [0.5, 0.6) is 0 Å². The lowest BCUT2D eigenvalue weighted by atomic mass is 9.87. The van der Waals surface area contributed by atoms with E-state index in [-0.39, 0.29) is 0 Å². The molecule has 1 aliphatic carbocycles. The Morgan fingerprint density at radius 1 is 0.897 bits per heavy atom. The predicted molar refractivity (Wildman–Crippen MR) is 124 cm³/mol. The van der Waals surface area contributed by atoms with Crippen molar-refractivity contribution in [2.75, 3.05) is 43.9 Å². The topological polar surface area (TPSA) is 23.6 Å². The van der Waals surface area contributed by atoms with Crippen molar-refractivity contribution in [1.82, 2.24) is 4.90 Å². The van der Waals surface area contributed by atoms with E-state index in [2.05, 4.69) is 40.3 Å². The Hall–Kier alpha value is -2.04. The molecule has 0 unspecified atom stereocenters. The molecule has 1 saturated heterocycles. The first-order chi connectivity index (χ1) is 14.3. The van der Waals surface area contributed by atoms with E-state index >= 15 is 0 Å². The third kappa shape index (κ3) is 4.93. The molecule has 3 nitrogen and oxygen atoms in total. The number of piperazine rings is 1. The Balaban J connectivity index is 1.41. The molecule has 4 rings (SSSR count). The van der Waals surface area contributed by atoms with E-state index < -0.39 is 0 Å². The average molecular weight is 406 g/mol. The van der Waals surface area contributed by atoms with Crippen LogP contribution in [0.15, 0.2) is 59.0 Å². The van der Waals surface area contributed by atoms with Crippen LogP contribution in [-0.4, -0.2) is 50.2 Å². The summed E-state index contributed by atoms with van der Waals surface area (Å²) in [6.45, 7) is 5.35. The van der Waals surface area contributed by atoms with Gasteiger partial charge in [0, 0.05) is 48.9 Å². The van der Waals surface area contributed by atoms with Crippen molar-refractivity contribution in [2.45, 2.75) is 30.6 Å². The van der Waals surface area contributed by atoms with E-state index in [1.165, 1.54) is 41.8 Å². The van der Waals surface area contributed by atoms with Gasteiger partial charge in [0.15, 0.2) is 0 Å². The molecule has 151 valence electrons. The van der Waals surface area contributed by atoms with E-state index in [4.69, 9.17) is 0 Å². The van der Waals surface area contributed by atoms with Gasteiger partial charge < -0.3 is 4.90 Å². The number of anilines is 1. The van der Waals surface area contributed by atoms with Gasteiger partial charge >= 0.3 is 0 Å². The molecule has 1 radical (unpaired) electrons. The van der Waals surface area contributed by atoms with Crippen LogP contribution in [0.3, 0.4) is 0 Å². The molecule has 4 heteroatoms. The SMILES string of the molecule is CSc1ccc(C2=C(CN3CCN(c4ccc([C]=O)cc4)CC3)CCCC2)cc1. The number of carbonyl (C=O) groups excluding carboxylic acids is 1. The van der Waals surface area contributed by atoms with Gasteiger partial charge in [0.2, 0.25) is 6.29 Å². The number of hydrogen-bond donors (Lipinski definition) is 0. The molecular weight excluding hydrogens is 376 g/mol. The van der Waals surface area contributed by atoms with Crippen molar-refractivity contribution in [3.8, 4) is 0 Å². The largest absolute Gasteiger partial charge is 0.369 e. The minimum Gasteiger partial charge on any atom is -0.369 e. The molecule has 0 bridgehead atoms. The van der Waals surface area contributed by atoms with Crippen molar-refractivity contribution in [3.05, 3.63) is 65.2 Å². The quantitative estimate of drug-likeness (QED) is 0.630. The Morgan fingerprint density at radius 3 is 2.24 bits per heavy atom. The standard InChI is InChI=1S/C25H29N2OS/c1-29-24-12-8-21(9-13-24)25-5-3-2-4-22(25)18-26-14-16-27(17-15-26)23-10-6-20(19-28)7-11-23/h6-13H,2-5,14-18H2,1H3. The van der Waals surface area contributed by atoms with Gasteiger partial charge in [0.25, 0.3) is 0 Å². The molecule has 0 aromatic heterocycles. The molecule has 0 amide bonds. The summed E-state index contributed by atoms with van der Waals surface area (Å²) < 4.78 is 0. The maximum atomic E-state index is 10.7. The molecule has 1 heterocycles. The zero-order valence-corrected chi connectivity index (χ0v) is 18.0. The van der Waals surface area contributed by atoms with Crippen LogP contribution in [0.4, 0.5) is 5.69 Å². The molecule has 0 N–H and O–H groups in total. The van der Waals surface area contributed by atoms with Gasteiger partial charge in [0.05, 0.1) is 0 Å². The highest BCUT2D eigenvalue weighted by Crippen LogP contribution is 2.33. The van der Waals surface area contributed by atoms with Crippen LogP contribution in [0, 0.1) is 0 Å². The van der Waals surface area contributed by atoms with Crippen molar-refractivity contribution < 1.29 is 4.79 Å². The molecular formula is C25H29N2OS. The number of thioether (sulfide) groups is 1. The highest BCUT2D eigenvalue weighted by molar-refractivity contribution is 7.98. The molecule has 29 heavy (non-hydrogen) atoms. The Labute approximate surface area is 178 Å². The minimum atomic E-state index is 0.620.